The van der Waals surface area contributed by atoms with E-state index < -0.39 is 0 Å². The number of aromatic nitrogens is 1. The molecule has 1 amide bonds. The van der Waals surface area contributed by atoms with Crippen LogP contribution in [-0.4, -0.2) is 35.4 Å². The summed E-state index contributed by atoms with van der Waals surface area (Å²) < 4.78 is 0. The van der Waals surface area contributed by atoms with E-state index in [9.17, 15) is 4.79 Å². The zero-order valence-corrected chi connectivity index (χ0v) is 11.6. The molecule has 4 heteroatoms. The SMILES string of the molecule is CC1CCCN(C(=O)CCNCc2ccccn2)C1. The van der Waals surface area contributed by atoms with Gasteiger partial charge in [0.05, 0.1) is 5.69 Å². The molecule has 1 saturated heterocycles. The number of pyridine rings is 1. The predicted octanol–water partition coefficient (Wildman–Crippen LogP) is 1.82. The quantitative estimate of drug-likeness (QED) is 0.822. The van der Waals surface area contributed by atoms with Crippen LogP contribution in [-0.2, 0) is 11.3 Å². The minimum atomic E-state index is 0.278. The summed E-state index contributed by atoms with van der Waals surface area (Å²) >= 11 is 0. The molecule has 19 heavy (non-hydrogen) atoms. The van der Waals surface area contributed by atoms with Gasteiger partial charge in [0, 0.05) is 38.8 Å². The lowest BCUT2D eigenvalue weighted by Gasteiger charge is -2.31. The van der Waals surface area contributed by atoms with Crippen LogP contribution in [0.2, 0.25) is 0 Å². The molecule has 0 bridgehead atoms. The first kappa shape index (κ1) is 14.0. The van der Waals surface area contributed by atoms with Gasteiger partial charge in [-0.3, -0.25) is 9.78 Å². The molecule has 1 atom stereocenters. The van der Waals surface area contributed by atoms with Gasteiger partial charge in [0.1, 0.15) is 0 Å². The van der Waals surface area contributed by atoms with E-state index >= 15 is 0 Å². The minimum absolute atomic E-state index is 0.278. The second-order valence-corrected chi connectivity index (χ2v) is 5.34. The Balaban J connectivity index is 1.64. The van der Waals surface area contributed by atoms with Gasteiger partial charge in [0.25, 0.3) is 0 Å². The third kappa shape index (κ3) is 4.63. The van der Waals surface area contributed by atoms with Gasteiger partial charge in [0.2, 0.25) is 5.91 Å². The van der Waals surface area contributed by atoms with Crippen molar-refractivity contribution in [3.05, 3.63) is 30.1 Å². The zero-order valence-electron chi connectivity index (χ0n) is 11.6. The van der Waals surface area contributed by atoms with E-state index in [-0.39, 0.29) is 5.91 Å². The highest BCUT2D eigenvalue weighted by atomic mass is 16.2. The fraction of sp³-hybridized carbons (Fsp3) is 0.600. The molecule has 1 fully saturated rings. The van der Waals surface area contributed by atoms with E-state index in [1.807, 2.05) is 23.1 Å². The average Bonchev–Trinajstić information content (AvgIpc) is 2.44. The van der Waals surface area contributed by atoms with Crippen LogP contribution in [0.4, 0.5) is 0 Å². The lowest BCUT2D eigenvalue weighted by Crippen LogP contribution is -2.40. The third-order valence-corrected chi connectivity index (χ3v) is 3.56. The molecule has 0 spiro atoms. The van der Waals surface area contributed by atoms with E-state index in [2.05, 4.69) is 17.2 Å². The predicted molar refractivity (Wildman–Crippen MR) is 75.5 cm³/mol. The summed E-state index contributed by atoms with van der Waals surface area (Å²) in [5.41, 5.74) is 1.02. The number of amides is 1. The number of likely N-dealkylation sites (tertiary alicyclic amines) is 1. The Morgan fingerprint density at radius 3 is 3.16 bits per heavy atom. The molecule has 1 aliphatic rings. The molecule has 4 nitrogen and oxygen atoms in total. The molecule has 1 unspecified atom stereocenters. The fourth-order valence-electron chi connectivity index (χ4n) is 2.49. The van der Waals surface area contributed by atoms with Gasteiger partial charge in [-0.2, -0.15) is 0 Å². The van der Waals surface area contributed by atoms with E-state index in [1.165, 1.54) is 6.42 Å². The maximum absolute atomic E-state index is 12.0. The largest absolute Gasteiger partial charge is 0.342 e. The molecule has 1 aliphatic heterocycles. The van der Waals surface area contributed by atoms with Crippen LogP contribution in [0.25, 0.3) is 0 Å². The van der Waals surface area contributed by atoms with Crippen LogP contribution in [0.15, 0.2) is 24.4 Å². The van der Waals surface area contributed by atoms with Crippen LogP contribution in [0.5, 0.6) is 0 Å². The second kappa shape index (κ2) is 7.24. The number of hydrogen-bond donors (Lipinski definition) is 1. The zero-order chi connectivity index (χ0) is 13.5. The third-order valence-electron chi connectivity index (χ3n) is 3.56. The van der Waals surface area contributed by atoms with Gasteiger partial charge in [-0.1, -0.05) is 13.0 Å². The molecule has 0 aromatic carbocycles. The normalized spacial score (nSPS) is 19.4. The number of rotatable bonds is 5. The van der Waals surface area contributed by atoms with Gasteiger partial charge < -0.3 is 10.2 Å². The van der Waals surface area contributed by atoms with E-state index in [0.29, 0.717) is 12.3 Å². The van der Waals surface area contributed by atoms with Crippen molar-refractivity contribution in [1.82, 2.24) is 15.2 Å². The molecule has 2 rings (SSSR count). The Morgan fingerprint density at radius 2 is 2.42 bits per heavy atom. The van der Waals surface area contributed by atoms with E-state index in [4.69, 9.17) is 0 Å². The van der Waals surface area contributed by atoms with Gasteiger partial charge in [0.15, 0.2) is 0 Å². The van der Waals surface area contributed by atoms with Crippen molar-refractivity contribution in [3.63, 3.8) is 0 Å². The van der Waals surface area contributed by atoms with Crippen molar-refractivity contribution in [3.8, 4) is 0 Å². The molecule has 0 saturated carbocycles. The minimum Gasteiger partial charge on any atom is -0.342 e. The monoisotopic (exact) mass is 261 g/mol. The van der Waals surface area contributed by atoms with Crippen LogP contribution < -0.4 is 5.32 Å². The summed E-state index contributed by atoms with van der Waals surface area (Å²) in [5.74, 6) is 0.930. The molecular weight excluding hydrogens is 238 g/mol. The summed E-state index contributed by atoms with van der Waals surface area (Å²) in [6.07, 6.45) is 4.77. The summed E-state index contributed by atoms with van der Waals surface area (Å²) in [6.45, 7) is 5.53. The summed E-state index contributed by atoms with van der Waals surface area (Å²) in [6, 6.07) is 5.87. The highest BCUT2D eigenvalue weighted by Gasteiger charge is 2.20. The van der Waals surface area contributed by atoms with Crippen LogP contribution in [0.3, 0.4) is 0 Å². The molecule has 104 valence electrons. The maximum atomic E-state index is 12.0. The summed E-state index contributed by atoms with van der Waals surface area (Å²) in [7, 11) is 0. The van der Waals surface area contributed by atoms with Crippen molar-refractivity contribution in [2.24, 2.45) is 5.92 Å². The first-order valence-corrected chi connectivity index (χ1v) is 7.14. The number of nitrogens with one attached hydrogen (secondary N) is 1. The Morgan fingerprint density at radius 1 is 1.53 bits per heavy atom. The molecule has 0 aliphatic carbocycles. The van der Waals surface area contributed by atoms with Crippen molar-refractivity contribution in [1.29, 1.82) is 0 Å². The molecule has 1 aromatic heterocycles. The van der Waals surface area contributed by atoms with Crippen LogP contribution in [0.1, 0.15) is 31.9 Å². The van der Waals surface area contributed by atoms with Crippen molar-refractivity contribution in [2.75, 3.05) is 19.6 Å². The summed E-state index contributed by atoms with van der Waals surface area (Å²) in [4.78, 5) is 18.3. The summed E-state index contributed by atoms with van der Waals surface area (Å²) in [5, 5.41) is 3.27. The van der Waals surface area contributed by atoms with Crippen molar-refractivity contribution >= 4 is 5.91 Å². The lowest BCUT2D eigenvalue weighted by molar-refractivity contribution is -0.132. The van der Waals surface area contributed by atoms with Gasteiger partial charge in [-0.05, 0) is 30.9 Å². The molecule has 0 radical (unpaired) electrons. The maximum Gasteiger partial charge on any atom is 0.223 e. The van der Waals surface area contributed by atoms with Gasteiger partial charge in [-0.25, -0.2) is 0 Å². The van der Waals surface area contributed by atoms with Crippen LogP contribution in [0, 0.1) is 5.92 Å². The molecular formula is C15H23N3O. The van der Waals surface area contributed by atoms with E-state index in [0.717, 1.165) is 38.3 Å². The van der Waals surface area contributed by atoms with Crippen molar-refractivity contribution in [2.45, 2.75) is 32.7 Å². The van der Waals surface area contributed by atoms with Crippen LogP contribution >= 0.6 is 0 Å². The van der Waals surface area contributed by atoms with Gasteiger partial charge >= 0.3 is 0 Å². The highest BCUT2D eigenvalue weighted by molar-refractivity contribution is 5.76. The Hall–Kier alpha value is -1.42. The van der Waals surface area contributed by atoms with E-state index in [1.54, 1.807) is 6.20 Å². The second-order valence-electron chi connectivity index (χ2n) is 5.34. The molecule has 2 heterocycles. The highest BCUT2D eigenvalue weighted by Crippen LogP contribution is 2.15. The average molecular weight is 261 g/mol. The molecule has 1 N–H and O–H groups in total. The number of piperidine rings is 1. The molecule has 1 aromatic rings. The number of carbonyl (C=O) groups excluding carboxylic acids is 1. The first-order valence-electron chi connectivity index (χ1n) is 7.14. The Bertz CT molecular complexity index is 394. The smallest absolute Gasteiger partial charge is 0.223 e. The van der Waals surface area contributed by atoms with Gasteiger partial charge in [-0.15, -0.1) is 0 Å². The fourth-order valence-corrected chi connectivity index (χ4v) is 2.49. The first-order chi connectivity index (χ1) is 9.25. The van der Waals surface area contributed by atoms with Crippen molar-refractivity contribution < 1.29 is 4.79 Å². The standard InChI is InChI=1S/C15H23N3O/c1-13-5-4-10-18(12-13)15(19)7-9-16-11-14-6-2-3-8-17-14/h2-3,6,8,13,16H,4-5,7,9-12H2,1H3. The topological polar surface area (TPSA) is 45.2 Å². The Kier molecular flexibility index (Phi) is 5.33. The lowest BCUT2D eigenvalue weighted by atomic mass is 10.00. The Labute approximate surface area is 115 Å². The number of hydrogen-bond acceptors (Lipinski definition) is 3. The number of carbonyl (C=O) groups is 1. The number of nitrogens with zero attached hydrogens (tertiary/aromatic N) is 2.